The molecule has 160 valence electrons. The highest BCUT2D eigenvalue weighted by molar-refractivity contribution is 5.97. The van der Waals surface area contributed by atoms with Gasteiger partial charge in [0.25, 0.3) is 5.91 Å². The molecule has 0 bridgehead atoms. The molecule has 0 aromatic heterocycles. The number of hydrogen-bond acceptors (Lipinski definition) is 5. The third-order valence-electron chi connectivity index (χ3n) is 5.04. The van der Waals surface area contributed by atoms with Gasteiger partial charge in [-0.1, -0.05) is 57.8 Å². The molecule has 28 heavy (non-hydrogen) atoms. The van der Waals surface area contributed by atoms with Crippen molar-refractivity contribution in [3.63, 3.8) is 0 Å². The van der Waals surface area contributed by atoms with Crippen molar-refractivity contribution in [2.45, 2.75) is 96.8 Å². The zero-order valence-corrected chi connectivity index (χ0v) is 17.8. The second kappa shape index (κ2) is 16.4. The fourth-order valence-electron chi connectivity index (χ4n) is 3.51. The van der Waals surface area contributed by atoms with Crippen molar-refractivity contribution in [3.8, 4) is 6.07 Å². The second-order valence-electron chi connectivity index (χ2n) is 7.35. The predicted octanol–water partition coefficient (Wildman–Crippen LogP) is 4.17. The Balaban J connectivity index is 2.52. The Bertz CT molecular complexity index is 470. The molecule has 2 N–H and O–H groups in total. The molecule has 0 unspecified atom stereocenters. The van der Waals surface area contributed by atoms with Crippen molar-refractivity contribution in [2.75, 3.05) is 19.8 Å². The van der Waals surface area contributed by atoms with E-state index in [4.69, 9.17) is 9.47 Å². The highest BCUT2D eigenvalue weighted by Gasteiger charge is 2.16. The molecule has 0 heterocycles. The van der Waals surface area contributed by atoms with Crippen molar-refractivity contribution in [3.05, 3.63) is 11.8 Å². The standard InChI is InChI=1S/C22H39N3O3/c1-3-27-21(28-4-2)18-24-17-19(16-23)22(26)25-20-14-12-10-8-6-5-7-9-11-13-15-20/h17,20-21,24H,3-15,18H2,1-2H3,(H,25,26)/b19-17-. The van der Waals surface area contributed by atoms with Crippen LogP contribution in [0.1, 0.15) is 84.5 Å². The predicted molar refractivity (Wildman–Crippen MR) is 111 cm³/mol. The molecule has 1 fully saturated rings. The van der Waals surface area contributed by atoms with Gasteiger partial charge >= 0.3 is 0 Å². The summed E-state index contributed by atoms with van der Waals surface area (Å²) in [6, 6.07) is 2.16. The largest absolute Gasteiger partial charge is 0.385 e. The number of nitrogens with one attached hydrogen (secondary N) is 2. The van der Waals surface area contributed by atoms with Gasteiger partial charge in [-0.2, -0.15) is 5.26 Å². The van der Waals surface area contributed by atoms with Gasteiger partial charge in [-0.05, 0) is 26.7 Å². The van der Waals surface area contributed by atoms with Gasteiger partial charge in [0.15, 0.2) is 6.29 Å². The van der Waals surface area contributed by atoms with Gasteiger partial charge in [-0.3, -0.25) is 4.79 Å². The maximum absolute atomic E-state index is 12.5. The molecule has 0 atom stereocenters. The Morgan fingerprint density at radius 3 is 1.96 bits per heavy atom. The van der Waals surface area contributed by atoms with Crippen LogP contribution in [0, 0.1) is 11.3 Å². The Morgan fingerprint density at radius 1 is 1.00 bits per heavy atom. The number of nitriles is 1. The molecule has 6 nitrogen and oxygen atoms in total. The maximum Gasteiger partial charge on any atom is 0.263 e. The van der Waals surface area contributed by atoms with E-state index in [0.29, 0.717) is 19.8 Å². The second-order valence-corrected chi connectivity index (χ2v) is 7.35. The van der Waals surface area contributed by atoms with Gasteiger partial charge in [0.1, 0.15) is 11.6 Å². The van der Waals surface area contributed by atoms with E-state index < -0.39 is 0 Å². The topological polar surface area (TPSA) is 83.4 Å². The SMILES string of the molecule is CCOC(CN/C=C(/C#N)C(=O)NC1CCCCCCCCCCC1)OCC. The van der Waals surface area contributed by atoms with E-state index in [1.165, 1.54) is 51.1 Å². The van der Waals surface area contributed by atoms with Gasteiger partial charge in [0.05, 0.1) is 6.54 Å². The quantitative estimate of drug-likeness (QED) is 0.349. The number of ether oxygens (including phenoxy) is 2. The summed E-state index contributed by atoms with van der Waals surface area (Å²) in [7, 11) is 0. The van der Waals surface area contributed by atoms with Gasteiger partial charge in [-0.15, -0.1) is 0 Å². The summed E-state index contributed by atoms with van der Waals surface area (Å²) in [4.78, 5) is 12.5. The van der Waals surface area contributed by atoms with Crippen LogP contribution in [0.25, 0.3) is 0 Å². The van der Waals surface area contributed by atoms with E-state index in [1.54, 1.807) is 0 Å². The lowest BCUT2D eigenvalue weighted by Crippen LogP contribution is -2.36. The minimum atomic E-state index is -0.388. The summed E-state index contributed by atoms with van der Waals surface area (Å²) in [5.41, 5.74) is 0.0952. The van der Waals surface area contributed by atoms with Crippen molar-refractivity contribution < 1.29 is 14.3 Å². The van der Waals surface area contributed by atoms with Gasteiger partial charge in [0, 0.05) is 25.5 Å². The van der Waals surface area contributed by atoms with E-state index in [1.807, 2.05) is 19.9 Å². The molecule has 0 aromatic rings. The normalized spacial score (nSPS) is 18.0. The molecule has 0 aromatic carbocycles. The summed E-state index contributed by atoms with van der Waals surface area (Å²) < 4.78 is 10.9. The minimum absolute atomic E-state index is 0.0952. The van der Waals surface area contributed by atoms with Crippen LogP contribution in [0.4, 0.5) is 0 Å². The fourth-order valence-corrected chi connectivity index (χ4v) is 3.51. The van der Waals surface area contributed by atoms with Crippen LogP contribution >= 0.6 is 0 Å². The lowest BCUT2D eigenvalue weighted by atomic mass is 9.98. The monoisotopic (exact) mass is 393 g/mol. The van der Waals surface area contributed by atoms with Crippen molar-refractivity contribution >= 4 is 5.91 Å². The maximum atomic E-state index is 12.5. The highest BCUT2D eigenvalue weighted by atomic mass is 16.7. The first-order chi connectivity index (χ1) is 13.7. The molecule has 6 heteroatoms. The van der Waals surface area contributed by atoms with E-state index >= 15 is 0 Å². The minimum Gasteiger partial charge on any atom is -0.385 e. The summed E-state index contributed by atoms with van der Waals surface area (Å²) in [6.07, 6.45) is 14.4. The number of carbonyl (C=O) groups excluding carboxylic acids is 1. The summed E-state index contributed by atoms with van der Waals surface area (Å²) in [6.45, 7) is 5.29. The van der Waals surface area contributed by atoms with E-state index in [-0.39, 0.29) is 23.8 Å². The first kappa shape index (κ1) is 24.5. The average molecular weight is 394 g/mol. The Labute approximate surface area is 171 Å². The average Bonchev–Trinajstić information content (AvgIpc) is 2.67. The van der Waals surface area contributed by atoms with Crippen LogP contribution in [0.15, 0.2) is 11.8 Å². The lowest BCUT2D eigenvalue weighted by Gasteiger charge is -2.20. The third kappa shape index (κ3) is 11.3. The molecule has 1 aliphatic carbocycles. The summed E-state index contributed by atoms with van der Waals surface area (Å²) in [5.74, 6) is -0.295. The molecular weight excluding hydrogens is 354 g/mol. The number of hydrogen-bond donors (Lipinski definition) is 2. The molecular formula is C22H39N3O3. The van der Waals surface area contributed by atoms with Crippen LogP contribution in [0.2, 0.25) is 0 Å². The van der Waals surface area contributed by atoms with Crippen molar-refractivity contribution in [2.24, 2.45) is 0 Å². The Morgan fingerprint density at radius 2 is 1.50 bits per heavy atom. The molecule has 1 aliphatic rings. The van der Waals surface area contributed by atoms with E-state index in [9.17, 15) is 10.1 Å². The smallest absolute Gasteiger partial charge is 0.263 e. The van der Waals surface area contributed by atoms with Crippen LogP contribution < -0.4 is 10.6 Å². The molecule has 0 aliphatic heterocycles. The first-order valence-corrected chi connectivity index (χ1v) is 11.1. The summed E-state index contributed by atoms with van der Waals surface area (Å²) >= 11 is 0. The van der Waals surface area contributed by atoms with Crippen LogP contribution in [-0.4, -0.2) is 38.0 Å². The number of carbonyl (C=O) groups is 1. The number of amides is 1. The third-order valence-corrected chi connectivity index (χ3v) is 5.04. The zero-order chi connectivity index (χ0) is 20.5. The number of nitrogens with zero attached hydrogens (tertiary/aromatic N) is 1. The molecule has 1 saturated carbocycles. The van der Waals surface area contributed by atoms with Crippen LogP contribution in [0.5, 0.6) is 0 Å². The van der Waals surface area contributed by atoms with E-state index in [0.717, 1.165) is 25.7 Å². The van der Waals surface area contributed by atoms with Crippen LogP contribution in [-0.2, 0) is 14.3 Å². The van der Waals surface area contributed by atoms with E-state index in [2.05, 4.69) is 10.6 Å². The number of rotatable bonds is 9. The fraction of sp³-hybridized carbons (Fsp3) is 0.818. The summed E-state index contributed by atoms with van der Waals surface area (Å²) in [5, 5.41) is 15.4. The molecule has 0 saturated heterocycles. The Kier molecular flexibility index (Phi) is 14.3. The van der Waals surface area contributed by atoms with Crippen molar-refractivity contribution in [1.82, 2.24) is 10.6 Å². The Hall–Kier alpha value is -1.58. The molecule has 0 spiro atoms. The first-order valence-electron chi connectivity index (χ1n) is 11.1. The van der Waals surface area contributed by atoms with Gasteiger partial charge < -0.3 is 20.1 Å². The van der Waals surface area contributed by atoms with Gasteiger partial charge in [0.2, 0.25) is 0 Å². The van der Waals surface area contributed by atoms with Gasteiger partial charge in [-0.25, -0.2) is 0 Å². The highest BCUT2D eigenvalue weighted by Crippen LogP contribution is 2.17. The molecule has 1 amide bonds. The van der Waals surface area contributed by atoms with Crippen molar-refractivity contribution in [1.29, 1.82) is 5.26 Å². The molecule has 0 radical (unpaired) electrons. The molecule has 1 rings (SSSR count). The lowest BCUT2D eigenvalue weighted by molar-refractivity contribution is -0.131. The van der Waals surface area contributed by atoms with Crippen LogP contribution in [0.3, 0.4) is 0 Å². The zero-order valence-electron chi connectivity index (χ0n) is 17.8.